The summed E-state index contributed by atoms with van der Waals surface area (Å²) in [5, 5.41) is 3.50. The molecule has 1 saturated heterocycles. The van der Waals surface area contributed by atoms with Crippen LogP contribution in [0.4, 0.5) is 15.8 Å². The predicted molar refractivity (Wildman–Crippen MR) is 106 cm³/mol. The van der Waals surface area contributed by atoms with Crippen LogP contribution in [0.5, 0.6) is 0 Å². The molecule has 4 rings (SSSR count). The molecule has 27 heavy (non-hydrogen) atoms. The minimum Gasteiger partial charge on any atom is -0.378 e. The van der Waals surface area contributed by atoms with Crippen LogP contribution in [-0.4, -0.2) is 59.3 Å². The van der Waals surface area contributed by atoms with Gasteiger partial charge in [0.1, 0.15) is 6.67 Å². The number of aromatic nitrogens is 3. The summed E-state index contributed by atoms with van der Waals surface area (Å²) in [5.74, 6) is 0. The highest BCUT2D eigenvalue weighted by Gasteiger charge is 2.19. The number of nitrogens with one attached hydrogen (secondary N) is 1. The Labute approximate surface area is 158 Å². The van der Waals surface area contributed by atoms with E-state index >= 15 is 0 Å². The van der Waals surface area contributed by atoms with Crippen molar-refractivity contribution in [3.8, 4) is 0 Å². The topological polar surface area (TPSA) is 57.2 Å². The number of hydrogen-bond acceptors (Lipinski definition) is 6. The lowest BCUT2D eigenvalue weighted by molar-refractivity contribution is 0.235. The highest BCUT2D eigenvalue weighted by Crippen LogP contribution is 2.26. The lowest BCUT2D eigenvalue weighted by Crippen LogP contribution is -2.47. The highest BCUT2D eigenvalue weighted by molar-refractivity contribution is 5.75. The second-order valence-corrected chi connectivity index (χ2v) is 6.64. The Balaban J connectivity index is 1.45. The van der Waals surface area contributed by atoms with E-state index in [-0.39, 0.29) is 6.67 Å². The van der Waals surface area contributed by atoms with Crippen molar-refractivity contribution in [3.05, 3.63) is 54.6 Å². The van der Waals surface area contributed by atoms with E-state index < -0.39 is 0 Å². The first kappa shape index (κ1) is 17.6. The lowest BCUT2D eigenvalue weighted by Gasteiger charge is -2.36. The molecular weight excluding hydrogens is 343 g/mol. The van der Waals surface area contributed by atoms with E-state index in [0.29, 0.717) is 13.1 Å². The molecule has 0 spiro atoms. The van der Waals surface area contributed by atoms with Gasteiger partial charge < -0.3 is 10.2 Å². The average molecular weight is 366 g/mol. The van der Waals surface area contributed by atoms with Crippen molar-refractivity contribution < 1.29 is 4.39 Å². The fourth-order valence-corrected chi connectivity index (χ4v) is 3.45. The summed E-state index contributed by atoms with van der Waals surface area (Å²) < 4.78 is 12.5. The second-order valence-electron chi connectivity index (χ2n) is 6.64. The number of halogens is 1. The molecule has 0 radical (unpaired) electrons. The number of fused-ring (bicyclic) bond motifs is 1. The monoisotopic (exact) mass is 366 g/mol. The molecule has 1 fully saturated rings. The summed E-state index contributed by atoms with van der Waals surface area (Å²) in [6, 6.07) is 8.16. The number of benzene rings is 1. The van der Waals surface area contributed by atoms with Gasteiger partial charge in [0.2, 0.25) is 0 Å². The molecule has 1 aliphatic rings. The van der Waals surface area contributed by atoms with Gasteiger partial charge in [-0.2, -0.15) is 0 Å². The molecule has 0 bridgehead atoms. The Kier molecular flexibility index (Phi) is 5.39. The van der Waals surface area contributed by atoms with Crippen molar-refractivity contribution in [1.29, 1.82) is 0 Å². The van der Waals surface area contributed by atoms with E-state index in [9.17, 15) is 4.39 Å². The average Bonchev–Trinajstić information content (AvgIpc) is 2.73. The molecule has 0 atom stereocenters. The van der Waals surface area contributed by atoms with Crippen LogP contribution < -0.4 is 10.2 Å². The van der Waals surface area contributed by atoms with Crippen LogP contribution in [0.15, 0.2) is 49.1 Å². The van der Waals surface area contributed by atoms with E-state index in [1.165, 1.54) is 0 Å². The van der Waals surface area contributed by atoms with Crippen LogP contribution in [0.3, 0.4) is 0 Å². The number of alkyl halides is 1. The van der Waals surface area contributed by atoms with E-state index in [1.807, 2.05) is 24.5 Å². The standard InChI is InChI=1S/C20H23FN6/c21-4-8-26-9-11-27(12-10-26)20-3-5-22-15-19(20)25-14-16-1-2-17-18(13-16)24-7-6-23-17/h1-3,5-7,13,15,25H,4,8-12,14H2. The van der Waals surface area contributed by atoms with Gasteiger partial charge in [0.25, 0.3) is 0 Å². The Hall–Kier alpha value is -2.80. The zero-order valence-electron chi connectivity index (χ0n) is 15.2. The first-order chi connectivity index (χ1) is 13.3. The van der Waals surface area contributed by atoms with Gasteiger partial charge in [-0.3, -0.25) is 19.9 Å². The van der Waals surface area contributed by atoms with E-state index in [2.05, 4.69) is 42.2 Å². The predicted octanol–water partition coefficient (Wildman–Crippen LogP) is 2.73. The molecule has 2 aromatic heterocycles. The largest absolute Gasteiger partial charge is 0.378 e. The van der Waals surface area contributed by atoms with Crippen LogP contribution in [0.2, 0.25) is 0 Å². The molecule has 0 aliphatic carbocycles. The zero-order valence-corrected chi connectivity index (χ0v) is 15.2. The Morgan fingerprint density at radius 1 is 0.963 bits per heavy atom. The number of hydrogen-bond donors (Lipinski definition) is 1. The minimum absolute atomic E-state index is 0.280. The Morgan fingerprint density at radius 3 is 2.59 bits per heavy atom. The number of nitrogens with zero attached hydrogens (tertiary/aromatic N) is 5. The highest BCUT2D eigenvalue weighted by atomic mass is 19.1. The van der Waals surface area contributed by atoms with Crippen LogP contribution in [-0.2, 0) is 6.54 Å². The first-order valence-corrected chi connectivity index (χ1v) is 9.24. The molecule has 1 aliphatic heterocycles. The van der Waals surface area contributed by atoms with Gasteiger partial charge in [-0.05, 0) is 23.8 Å². The maximum atomic E-state index is 12.5. The third-order valence-corrected chi connectivity index (χ3v) is 4.93. The van der Waals surface area contributed by atoms with Crippen molar-refractivity contribution >= 4 is 22.4 Å². The molecule has 0 amide bonds. The zero-order chi connectivity index (χ0) is 18.5. The fourth-order valence-electron chi connectivity index (χ4n) is 3.45. The van der Waals surface area contributed by atoms with Gasteiger partial charge in [-0.15, -0.1) is 0 Å². The third kappa shape index (κ3) is 4.14. The van der Waals surface area contributed by atoms with Gasteiger partial charge >= 0.3 is 0 Å². The summed E-state index contributed by atoms with van der Waals surface area (Å²) in [6.45, 7) is 4.49. The lowest BCUT2D eigenvalue weighted by atomic mass is 10.2. The maximum absolute atomic E-state index is 12.5. The van der Waals surface area contributed by atoms with Crippen molar-refractivity contribution in [2.24, 2.45) is 0 Å². The Bertz CT molecular complexity index is 894. The van der Waals surface area contributed by atoms with Crippen LogP contribution in [0, 0.1) is 0 Å². The van der Waals surface area contributed by atoms with Gasteiger partial charge in [-0.1, -0.05) is 6.07 Å². The van der Waals surface area contributed by atoms with Crippen molar-refractivity contribution in [2.75, 3.05) is 49.6 Å². The van der Waals surface area contributed by atoms with Crippen molar-refractivity contribution in [3.63, 3.8) is 0 Å². The van der Waals surface area contributed by atoms with Crippen LogP contribution >= 0.6 is 0 Å². The van der Waals surface area contributed by atoms with Crippen LogP contribution in [0.25, 0.3) is 11.0 Å². The molecule has 1 N–H and O–H groups in total. The smallest absolute Gasteiger partial charge is 0.102 e. The normalized spacial score (nSPS) is 15.2. The number of pyridine rings is 1. The van der Waals surface area contributed by atoms with Crippen molar-refractivity contribution in [1.82, 2.24) is 19.9 Å². The van der Waals surface area contributed by atoms with Crippen molar-refractivity contribution in [2.45, 2.75) is 6.54 Å². The number of rotatable bonds is 6. The maximum Gasteiger partial charge on any atom is 0.102 e. The molecule has 7 heteroatoms. The quantitative estimate of drug-likeness (QED) is 0.724. The van der Waals surface area contributed by atoms with Gasteiger partial charge in [0.15, 0.2) is 0 Å². The van der Waals surface area contributed by atoms with E-state index in [0.717, 1.165) is 54.2 Å². The fraction of sp³-hybridized carbons (Fsp3) is 0.350. The molecule has 6 nitrogen and oxygen atoms in total. The molecule has 3 heterocycles. The number of piperazine rings is 1. The summed E-state index contributed by atoms with van der Waals surface area (Å²) in [7, 11) is 0. The minimum atomic E-state index is -0.280. The summed E-state index contributed by atoms with van der Waals surface area (Å²) in [6.07, 6.45) is 7.10. The van der Waals surface area contributed by atoms with E-state index in [4.69, 9.17) is 0 Å². The Morgan fingerprint density at radius 2 is 1.78 bits per heavy atom. The molecular formula is C20H23FN6. The van der Waals surface area contributed by atoms with Gasteiger partial charge in [-0.25, -0.2) is 4.39 Å². The summed E-state index contributed by atoms with van der Waals surface area (Å²) in [5.41, 5.74) is 5.09. The third-order valence-electron chi connectivity index (χ3n) is 4.93. The van der Waals surface area contributed by atoms with Gasteiger partial charge in [0, 0.05) is 57.9 Å². The summed E-state index contributed by atoms with van der Waals surface area (Å²) in [4.78, 5) is 17.5. The van der Waals surface area contributed by atoms with E-state index in [1.54, 1.807) is 12.4 Å². The molecule has 0 unspecified atom stereocenters. The molecule has 1 aromatic carbocycles. The summed E-state index contributed by atoms with van der Waals surface area (Å²) >= 11 is 0. The van der Waals surface area contributed by atoms with Crippen LogP contribution in [0.1, 0.15) is 5.56 Å². The SMILES string of the molecule is FCCN1CCN(c2ccncc2NCc2ccc3nccnc3c2)CC1. The van der Waals surface area contributed by atoms with Gasteiger partial charge in [0.05, 0.1) is 28.6 Å². The molecule has 3 aromatic rings. The first-order valence-electron chi connectivity index (χ1n) is 9.24. The second kappa shape index (κ2) is 8.26. The molecule has 140 valence electrons. The molecule has 0 saturated carbocycles. The number of anilines is 2.